The summed E-state index contributed by atoms with van der Waals surface area (Å²) in [6.45, 7) is 4.01. The molecule has 1 aromatic carbocycles. The third-order valence-corrected chi connectivity index (χ3v) is 5.01. The molecule has 1 saturated heterocycles. The second-order valence-electron chi connectivity index (χ2n) is 4.79. The Labute approximate surface area is 105 Å². The van der Waals surface area contributed by atoms with Crippen molar-refractivity contribution in [2.75, 3.05) is 11.1 Å². The smallest absolute Gasteiger partial charge is 0.265 e. The van der Waals surface area contributed by atoms with Gasteiger partial charge in [0.2, 0.25) is 0 Å². The molecule has 3 rings (SSSR count). The molecule has 90 valence electrons. The molecule has 17 heavy (non-hydrogen) atoms. The second-order valence-corrected chi connectivity index (χ2v) is 6.39. The summed E-state index contributed by atoms with van der Waals surface area (Å²) in [5, 5.41) is 2.90. The minimum atomic E-state index is -0.401. The van der Waals surface area contributed by atoms with Crippen molar-refractivity contribution >= 4 is 23.4 Å². The maximum absolute atomic E-state index is 11.6. The van der Waals surface area contributed by atoms with Crippen LogP contribution in [0.5, 0.6) is 5.75 Å². The molecular weight excluding hydrogens is 234 g/mol. The van der Waals surface area contributed by atoms with Crippen molar-refractivity contribution in [2.45, 2.75) is 31.1 Å². The van der Waals surface area contributed by atoms with E-state index in [0.29, 0.717) is 0 Å². The number of fused-ring (bicyclic) bond motifs is 1. The minimum absolute atomic E-state index is 0.0685. The SMILES string of the molecule is CC1Oc2ccc(C3(C)CCS3)cc2NC1=O. The van der Waals surface area contributed by atoms with E-state index < -0.39 is 6.10 Å². The first-order chi connectivity index (χ1) is 8.08. The summed E-state index contributed by atoms with van der Waals surface area (Å²) >= 11 is 1.96. The fourth-order valence-electron chi connectivity index (χ4n) is 2.17. The molecule has 2 aliphatic heterocycles. The van der Waals surface area contributed by atoms with Gasteiger partial charge in [0.1, 0.15) is 5.75 Å². The third kappa shape index (κ3) is 1.71. The summed E-state index contributed by atoms with van der Waals surface area (Å²) in [7, 11) is 0. The molecule has 2 aliphatic rings. The first-order valence-electron chi connectivity index (χ1n) is 5.84. The standard InChI is InChI=1S/C13H15NO2S/c1-8-12(15)14-10-7-9(3-4-11(10)16-8)13(2)5-6-17-13/h3-4,7-8H,5-6H2,1-2H3,(H,14,15). The fourth-order valence-corrected chi connectivity index (χ4v) is 3.28. The molecule has 0 spiro atoms. The summed E-state index contributed by atoms with van der Waals surface area (Å²) in [6.07, 6.45) is 0.795. The molecule has 4 heteroatoms. The molecule has 1 aromatic rings. The van der Waals surface area contributed by atoms with E-state index in [2.05, 4.69) is 18.3 Å². The summed E-state index contributed by atoms with van der Waals surface area (Å²) in [5.74, 6) is 1.92. The maximum Gasteiger partial charge on any atom is 0.265 e. The number of ether oxygens (including phenoxy) is 1. The Bertz CT molecular complexity index is 482. The molecule has 0 aliphatic carbocycles. The van der Waals surface area contributed by atoms with E-state index in [4.69, 9.17) is 4.74 Å². The Morgan fingerprint density at radius 3 is 2.94 bits per heavy atom. The predicted molar refractivity (Wildman–Crippen MR) is 69.6 cm³/mol. The number of rotatable bonds is 1. The van der Waals surface area contributed by atoms with E-state index in [1.807, 2.05) is 23.9 Å². The van der Waals surface area contributed by atoms with Crippen LogP contribution in [0.4, 0.5) is 5.69 Å². The molecule has 2 heterocycles. The van der Waals surface area contributed by atoms with Gasteiger partial charge in [-0.2, -0.15) is 11.8 Å². The molecule has 0 radical (unpaired) electrons. The van der Waals surface area contributed by atoms with Crippen molar-refractivity contribution < 1.29 is 9.53 Å². The van der Waals surface area contributed by atoms with Gasteiger partial charge in [-0.1, -0.05) is 6.07 Å². The molecule has 0 saturated carbocycles. The monoisotopic (exact) mass is 249 g/mol. The summed E-state index contributed by atoms with van der Waals surface area (Å²) < 4.78 is 5.76. The first kappa shape index (κ1) is 11.0. The van der Waals surface area contributed by atoms with Gasteiger partial charge in [0, 0.05) is 4.75 Å². The van der Waals surface area contributed by atoms with Crippen LogP contribution in [0.3, 0.4) is 0 Å². The zero-order valence-corrected chi connectivity index (χ0v) is 10.8. The van der Waals surface area contributed by atoms with Crippen molar-refractivity contribution in [1.29, 1.82) is 0 Å². The van der Waals surface area contributed by atoms with Crippen molar-refractivity contribution in [3.8, 4) is 5.75 Å². The van der Waals surface area contributed by atoms with Crippen LogP contribution in [0.25, 0.3) is 0 Å². The highest BCUT2D eigenvalue weighted by Crippen LogP contribution is 2.50. The molecule has 3 nitrogen and oxygen atoms in total. The molecule has 0 bridgehead atoms. The van der Waals surface area contributed by atoms with E-state index >= 15 is 0 Å². The Hall–Kier alpha value is -1.16. The van der Waals surface area contributed by atoms with Gasteiger partial charge in [0.05, 0.1) is 5.69 Å². The van der Waals surface area contributed by atoms with E-state index in [9.17, 15) is 4.79 Å². The lowest BCUT2D eigenvalue weighted by atomic mass is 9.95. The average molecular weight is 249 g/mol. The Morgan fingerprint density at radius 2 is 2.29 bits per heavy atom. The molecule has 2 unspecified atom stereocenters. The normalized spacial score (nSPS) is 30.9. The van der Waals surface area contributed by atoms with Crippen LogP contribution in [0.1, 0.15) is 25.8 Å². The number of hydrogen-bond acceptors (Lipinski definition) is 3. The fraction of sp³-hybridized carbons (Fsp3) is 0.462. The van der Waals surface area contributed by atoms with Gasteiger partial charge in [-0.25, -0.2) is 0 Å². The lowest BCUT2D eigenvalue weighted by Crippen LogP contribution is -2.35. The number of nitrogens with one attached hydrogen (secondary N) is 1. The van der Waals surface area contributed by atoms with Crippen LogP contribution in [0.15, 0.2) is 18.2 Å². The molecular formula is C13H15NO2S. The zero-order valence-electron chi connectivity index (χ0n) is 9.95. The number of carbonyl (C=O) groups excluding carboxylic acids is 1. The van der Waals surface area contributed by atoms with Gasteiger partial charge >= 0.3 is 0 Å². The van der Waals surface area contributed by atoms with E-state index in [1.54, 1.807) is 6.92 Å². The van der Waals surface area contributed by atoms with Crippen molar-refractivity contribution in [3.05, 3.63) is 23.8 Å². The zero-order chi connectivity index (χ0) is 12.0. The number of thioether (sulfide) groups is 1. The highest BCUT2D eigenvalue weighted by Gasteiger charge is 2.35. The predicted octanol–water partition coefficient (Wildman–Crippen LogP) is 2.76. The largest absolute Gasteiger partial charge is 0.479 e. The maximum atomic E-state index is 11.6. The molecule has 2 atom stereocenters. The van der Waals surface area contributed by atoms with Crippen LogP contribution in [0, 0.1) is 0 Å². The highest BCUT2D eigenvalue weighted by atomic mass is 32.2. The number of amides is 1. The molecule has 1 amide bonds. The van der Waals surface area contributed by atoms with Crippen LogP contribution in [-0.4, -0.2) is 17.8 Å². The minimum Gasteiger partial charge on any atom is -0.479 e. The van der Waals surface area contributed by atoms with Gasteiger partial charge in [-0.15, -0.1) is 0 Å². The van der Waals surface area contributed by atoms with Gasteiger partial charge in [0.25, 0.3) is 5.91 Å². The Balaban J connectivity index is 1.96. The van der Waals surface area contributed by atoms with Crippen molar-refractivity contribution in [2.24, 2.45) is 0 Å². The third-order valence-electron chi connectivity index (χ3n) is 3.52. The molecule has 1 fully saturated rings. The summed E-state index contributed by atoms with van der Waals surface area (Å²) in [5.41, 5.74) is 2.07. The lowest BCUT2D eigenvalue weighted by molar-refractivity contribution is -0.122. The second kappa shape index (κ2) is 3.67. The van der Waals surface area contributed by atoms with Crippen LogP contribution >= 0.6 is 11.8 Å². The van der Waals surface area contributed by atoms with Gasteiger partial charge in [-0.05, 0) is 43.7 Å². The van der Waals surface area contributed by atoms with Gasteiger partial charge in [-0.3, -0.25) is 4.79 Å². The Kier molecular flexibility index (Phi) is 2.36. The number of carbonyl (C=O) groups is 1. The van der Waals surface area contributed by atoms with Crippen molar-refractivity contribution in [1.82, 2.24) is 0 Å². The number of hydrogen-bond donors (Lipinski definition) is 1. The van der Waals surface area contributed by atoms with Crippen LogP contribution < -0.4 is 10.1 Å². The van der Waals surface area contributed by atoms with Gasteiger partial charge in [0.15, 0.2) is 6.10 Å². The van der Waals surface area contributed by atoms with Crippen LogP contribution in [-0.2, 0) is 9.54 Å². The lowest BCUT2D eigenvalue weighted by Gasteiger charge is -2.38. The first-order valence-corrected chi connectivity index (χ1v) is 6.83. The average Bonchev–Trinajstić information content (AvgIpc) is 2.27. The Morgan fingerprint density at radius 1 is 1.53 bits per heavy atom. The van der Waals surface area contributed by atoms with E-state index in [0.717, 1.165) is 11.4 Å². The van der Waals surface area contributed by atoms with E-state index in [-0.39, 0.29) is 10.7 Å². The number of anilines is 1. The molecule has 1 N–H and O–H groups in total. The molecule has 0 aromatic heterocycles. The van der Waals surface area contributed by atoms with Crippen molar-refractivity contribution in [3.63, 3.8) is 0 Å². The van der Waals surface area contributed by atoms with E-state index in [1.165, 1.54) is 17.7 Å². The summed E-state index contributed by atoms with van der Waals surface area (Å²) in [4.78, 5) is 11.6. The van der Waals surface area contributed by atoms with Gasteiger partial charge < -0.3 is 10.1 Å². The topological polar surface area (TPSA) is 38.3 Å². The highest BCUT2D eigenvalue weighted by molar-refractivity contribution is 8.01. The number of benzene rings is 1. The van der Waals surface area contributed by atoms with Crippen LogP contribution in [0.2, 0.25) is 0 Å². The quantitative estimate of drug-likeness (QED) is 0.831. The summed E-state index contributed by atoms with van der Waals surface area (Å²) in [6, 6.07) is 6.12.